The highest BCUT2D eigenvalue weighted by atomic mass is 32.2. The van der Waals surface area contributed by atoms with Crippen LogP contribution >= 0.6 is 0 Å². The molecule has 1 aliphatic rings. The van der Waals surface area contributed by atoms with Crippen LogP contribution in [0.4, 0.5) is 17.6 Å². The van der Waals surface area contributed by atoms with Gasteiger partial charge < -0.3 is 4.74 Å². The summed E-state index contributed by atoms with van der Waals surface area (Å²) in [5, 5.41) is 0. The number of halogens is 4. The average molecular weight is 369 g/mol. The summed E-state index contributed by atoms with van der Waals surface area (Å²) in [7, 11) is -3.97. The maximum Gasteiger partial charge on any atom is 0.246 e. The van der Waals surface area contributed by atoms with Crippen molar-refractivity contribution in [3.05, 3.63) is 23.3 Å². The van der Waals surface area contributed by atoms with Crippen LogP contribution in [0.5, 0.6) is 5.75 Å². The van der Waals surface area contributed by atoms with Crippen molar-refractivity contribution in [1.29, 1.82) is 0 Å². The fourth-order valence-corrected chi connectivity index (χ4v) is 4.51. The van der Waals surface area contributed by atoms with Crippen molar-refractivity contribution in [1.82, 2.24) is 4.72 Å². The number of nitrogens with one attached hydrogen (secondary N) is 1. The molecule has 0 heterocycles. The quantitative estimate of drug-likeness (QED) is 0.654. The third kappa shape index (κ3) is 3.23. The highest BCUT2D eigenvalue weighted by Crippen LogP contribution is 2.34. The number of sulfonamides is 1. The summed E-state index contributed by atoms with van der Waals surface area (Å²) in [5.41, 5.74) is 0. The SMILES string of the molecule is COc1c(F)c(F)c(S(=O)(=O)NC2CCCC(C)C2C)c(F)c1F. The first-order chi connectivity index (χ1) is 11.1. The van der Waals surface area contributed by atoms with Gasteiger partial charge in [0.2, 0.25) is 21.7 Å². The minimum Gasteiger partial charge on any atom is -0.491 e. The number of hydrogen-bond donors (Lipinski definition) is 1. The van der Waals surface area contributed by atoms with E-state index in [0.717, 1.165) is 20.0 Å². The molecule has 1 saturated carbocycles. The van der Waals surface area contributed by atoms with Gasteiger partial charge in [-0.1, -0.05) is 26.7 Å². The Morgan fingerprint density at radius 1 is 1.00 bits per heavy atom. The number of hydrogen-bond acceptors (Lipinski definition) is 3. The molecular formula is C15H19F4NO3S. The minimum absolute atomic E-state index is 0.0763. The second kappa shape index (κ2) is 6.87. The predicted octanol–water partition coefficient (Wildman–Crippen LogP) is 3.35. The van der Waals surface area contributed by atoms with E-state index in [4.69, 9.17) is 0 Å². The number of ether oxygens (including phenoxy) is 1. The summed E-state index contributed by atoms with van der Waals surface area (Å²) in [5.74, 6) is -8.95. The first-order valence-corrected chi connectivity index (χ1v) is 9.02. The molecule has 3 atom stereocenters. The first kappa shape index (κ1) is 19.0. The zero-order chi connectivity index (χ0) is 18.2. The van der Waals surface area contributed by atoms with Gasteiger partial charge in [-0.25, -0.2) is 21.9 Å². The van der Waals surface area contributed by atoms with Crippen LogP contribution in [0.25, 0.3) is 0 Å². The number of methoxy groups -OCH3 is 1. The molecule has 1 N–H and O–H groups in total. The fraction of sp³-hybridized carbons (Fsp3) is 0.600. The van der Waals surface area contributed by atoms with E-state index in [1.54, 1.807) is 0 Å². The summed E-state index contributed by atoms with van der Waals surface area (Å²) in [6.45, 7) is 3.76. The van der Waals surface area contributed by atoms with Gasteiger partial charge in [-0.3, -0.25) is 0 Å². The molecule has 9 heteroatoms. The van der Waals surface area contributed by atoms with E-state index in [2.05, 4.69) is 9.46 Å². The van der Waals surface area contributed by atoms with Crippen LogP contribution in [0, 0.1) is 35.1 Å². The Morgan fingerprint density at radius 2 is 1.54 bits per heavy atom. The highest BCUT2D eigenvalue weighted by molar-refractivity contribution is 7.89. The van der Waals surface area contributed by atoms with Gasteiger partial charge in [0.1, 0.15) is 0 Å². The zero-order valence-electron chi connectivity index (χ0n) is 13.5. The Morgan fingerprint density at radius 3 is 2.04 bits per heavy atom. The molecule has 0 bridgehead atoms. The molecule has 0 aromatic heterocycles. The molecule has 4 nitrogen and oxygen atoms in total. The first-order valence-electron chi connectivity index (χ1n) is 7.54. The second-order valence-corrected chi connectivity index (χ2v) is 7.76. The molecule has 0 spiro atoms. The summed E-state index contributed by atoms with van der Waals surface area (Å²) in [6.07, 6.45) is 2.14. The van der Waals surface area contributed by atoms with Crippen LogP contribution in [-0.4, -0.2) is 21.6 Å². The topological polar surface area (TPSA) is 55.4 Å². The largest absolute Gasteiger partial charge is 0.491 e. The third-order valence-electron chi connectivity index (χ3n) is 4.67. The molecule has 0 saturated heterocycles. The van der Waals surface area contributed by atoms with Gasteiger partial charge >= 0.3 is 0 Å². The summed E-state index contributed by atoms with van der Waals surface area (Å²) in [6, 6.07) is -0.564. The van der Waals surface area contributed by atoms with Crippen LogP contribution in [0.2, 0.25) is 0 Å². The minimum atomic E-state index is -4.78. The molecule has 24 heavy (non-hydrogen) atoms. The third-order valence-corrected chi connectivity index (χ3v) is 6.18. The molecule has 1 fully saturated rings. The van der Waals surface area contributed by atoms with Crippen molar-refractivity contribution in [2.75, 3.05) is 7.11 Å². The van der Waals surface area contributed by atoms with E-state index in [1.807, 2.05) is 13.8 Å². The lowest BCUT2D eigenvalue weighted by atomic mass is 9.78. The fourth-order valence-electron chi connectivity index (χ4n) is 3.01. The van der Waals surface area contributed by atoms with Gasteiger partial charge in [0, 0.05) is 6.04 Å². The van der Waals surface area contributed by atoms with Crippen molar-refractivity contribution in [3.63, 3.8) is 0 Å². The molecule has 0 amide bonds. The maximum absolute atomic E-state index is 14.0. The lowest BCUT2D eigenvalue weighted by molar-refractivity contribution is 0.226. The van der Waals surface area contributed by atoms with Gasteiger partial charge in [0.05, 0.1) is 7.11 Å². The Kier molecular flexibility index (Phi) is 5.44. The van der Waals surface area contributed by atoms with E-state index in [1.165, 1.54) is 0 Å². The second-order valence-electron chi connectivity index (χ2n) is 6.11. The molecule has 1 aliphatic carbocycles. The van der Waals surface area contributed by atoms with E-state index in [0.29, 0.717) is 6.42 Å². The summed E-state index contributed by atoms with van der Waals surface area (Å²) < 4.78 is 86.7. The van der Waals surface area contributed by atoms with Crippen LogP contribution in [0.1, 0.15) is 33.1 Å². The molecule has 1 aromatic rings. The maximum atomic E-state index is 14.0. The standard InChI is InChI=1S/C15H19F4NO3S/c1-7-5-4-6-9(8(7)2)20-24(21,22)15-12(18)10(16)14(23-3)11(17)13(15)19/h7-9,20H,4-6H2,1-3H3. The van der Waals surface area contributed by atoms with Crippen LogP contribution in [-0.2, 0) is 10.0 Å². The number of rotatable bonds is 4. The van der Waals surface area contributed by atoms with Crippen LogP contribution in [0.3, 0.4) is 0 Å². The van der Waals surface area contributed by atoms with Gasteiger partial charge in [-0.05, 0) is 18.3 Å². The van der Waals surface area contributed by atoms with Crippen LogP contribution < -0.4 is 9.46 Å². The Labute approximate surface area is 138 Å². The summed E-state index contributed by atoms with van der Waals surface area (Å²) in [4.78, 5) is -1.66. The number of benzene rings is 1. The molecule has 0 aliphatic heterocycles. The van der Waals surface area contributed by atoms with Gasteiger partial charge in [0.25, 0.3) is 0 Å². The zero-order valence-corrected chi connectivity index (χ0v) is 14.3. The van der Waals surface area contributed by atoms with Gasteiger partial charge in [-0.15, -0.1) is 0 Å². The van der Waals surface area contributed by atoms with E-state index in [9.17, 15) is 26.0 Å². The lowest BCUT2D eigenvalue weighted by Gasteiger charge is -2.34. The Hall–Kier alpha value is -1.35. The molecular weight excluding hydrogens is 350 g/mol. The van der Waals surface area contributed by atoms with E-state index < -0.39 is 50.0 Å². The van der Waals surface area contributed by atoms with Crippen molar-refractivity contribution in [3.8, 4) is 5.75 Å². The molecule has 1 aromatic carbocycles. The highest BCUT2D eigenvalue weighted by Gasteiger charge is 2.37. The van der Waals surface area contributed by atoms with E-state index >= 15 is 0 Å². The van der Waals surface area contributed by atoms with Crippen LogP contribution in [0.15, 0.2) is 4.90 Å². The Balaban J connectivity index is 2.47. The normalized spacial score (nSPS) is 24.9. The summed E-state index contributed by atoms with van der Waals surface area (Å²) >= 11 is 0. The van der Waals surface area contributed by atoms with Crippen molar-refractivity contribution in [2.24, 2.45) is 11.8 Å². The molecule has 136 valence electrons. The smallest absolute Gasteiger partial charge is 0.246 e. The van der Waals surface area contributed by atoms with E-state index in [-0.39, 0.29) is 11.8 Å². The van der Waals surface area contributed by atoms with Crippen molar-refractivity contribution < 1.29 is 30.7 Å². The Bertz CT molecular complexity index is 710. The predicted molar refractivity (Wildman–Crippen MR) is 79.1 cm³/mol. The molecule has 0 radical (unpaired) electrons. The monoisotopic (exact) mass is 369 g/mol. The molecule has 3 unspecified atom stereocenters. The van der Waals surface area contributed by atoms with Crippen molar-refractivity contribution >= 4 is 10.0 Å². The van der Waals surface area contributed by atoms with Gasteiger partial charge in [0.15, 0.2) is 22.3 Å². The molecule has 2 rings (SSSR count). The van der Waals surface area contributed by atoms with Gasteiger partial charge in [-0.2, -0.15) is 8.78 Å². The lowest BCUT2D eigenvalue weighted by Crippen LogP contribution is -2.44. The average Bonchev–Trinajstić information content (AvgIpc) is 2.50. The van der Waals surface area contributed by atoms with Crippen molar-refractivity contribution in [2.45, 2.75) is 44.0 Å².